The molecule has 3 heterocycles. The predicted molar refractivity (Wildman–Crippen MR) is 112 cm³/mol. The lowest BCUT2D eigenvalue weighted by molar-refractivity contribution is 0.174. The van der Waals surface area contributed by atoms with Crippen LogP contribution in [0.15, 0.2) is 33.0 Å². The Labute approximate surface area is 175 Å². The maximum absolute atomic E-state index is 6.03. The molecule has 1 aliphatic rings. The number of nitrogens with one attached hydrogen (secondary N) is 1. The zero-order valence-electron chi connectivity index (χ0n) is 15.6. The Morgan fingerprint density at radius 1 is 1.29 bits per heavy atom. The van der Waals surface area contributed by atoms with Gasteiger partial charge in [0, 0.05) is 22.5 Å². The zero-order valence-corrected chi connectivity index (χ0v) is 18.0. The molecule has 28 heavy (non-hydrogen) atoms. The Morgan fingerprint density at radius 3 is 2.86 bits per heavy atom. The Balaban J connectivity index is 1.66. The van der Waals surface area contributed by atoms with Crippen LogP contribution in [0.1, 0.15) is 13.8 Å². The second-order valence-electron chi connectivity index (χ2n) is 6.81. The summed E-state index contributed by atoms with van der Waals surface area (Å²) in [7, 11) is 0. The average Bonchev–Trinajstić information content (AvgIpc) is 3.24. The summed E-state index contributed by atoms with van der Waals surface area (Å²) in [6.07, 6.45) is 1.47. The number of nitrogens with two attached hydrogens (primary N) is 1. The van der Waals surface area contributed by atoms with Gasteiger partial charge in [-0.15, -0.1) is 0 Å². The number of nitrogens with zero attached hydrogens (tertiary/aromatic N) is 4. The van der Waals surface area contributed by atoms with Gasteiger partial charge in [0.05, 0.1) is 0 Å². The highest BCUT2D eigenvalue weighted by molar-refractivity contribution is 9.10. The molecule has 0 amide bonds. The summed E-state index contributed by atoms with van der Waals surface area (Å²) in [5.41, 5.74) is 7.38. The number of ether oxygens (including phenoxy) is 2. The van der Waals surface area contributed by atoms with E-state index in [0.717, 1.165) is 51.3 Å². The normalized spacial score (nSPS) is 13.0. The smallest absolute Gasteiger partial charge is 0.231 e. The van der Waals surface area contributed by atoms with Crippen LogP contribution in [0.5, 0.6) is 11.5 Å². The number of imidazole rings is 1. The summed E-state index contributed by atoms with van der Waals surface area (Å²) in [6, 6.07) is 3.86. The molecule has 3 N–H and O–H groups in total. The Bertz CT molecular complexity index is 1010. The highest BCUT2D eigenvalue weighted by Gasteiger charge is 2.20. The van der Waals surface area contributed by atoms with Crippen molar-refractivity contribution in [2.24, 2.45) is 5.92 Å². The van der Waals surface area contributed by atoms with Gasteiger partial charge < -0.3 is 25.1 Å². The second-order valence-corrected chi connectivity index (χ2v) is 8.68. The van der Waals surface area contributed by atoms with Crippen molar-refractivity contribution < 1.29 is 9.47 Å². The van der Waals surface area contributed by atoms with E-state index in [4.69, 9.17) is 20.2 Å². The molecule has 1 aromatic carbocycles. The van der Waals surface area contributed by atoms with Crippen LogP contribution in [0.25, 0.3) is 11.2 Å². The molecule has 10 heteroatoms. The quantitative estimate of drug-likeness (QED) is 0.513. The van der Waals surface area contributed by atoms with Gasteiger partial charge in [-0.2, -0.15) is 0 Å². The molecular formula is C18H21BrN6O2S. The van der Waals surface area contributed by atoms with Crippen molar-refractivity contribution in [1.82, 2.24) is 24.8 Å². The number of anilines is 1. The van der Waals surface area contributed by atoms with Gasteiger partial charge in [0.25, 0.3) is 0 Å². The first-order chi connectivity index (χ1) is 13.5. The van der Waals surface area contributed by atoms with Gasteiger partial charge in [0.1, 0.15) is 6.33 Å². The minimum atomic E-state index is 0.238. The molecule has 0 unspecified atom stereocenters. The van der Waals surface area contributed by atoms with Gasteiger partial charge in [0.15, 0.2) is 33.6 Å². The van der Waals surface area contributed by atoms with E-state index in [1.807, 2.05) is 12.1 Å². The van der Waals surface area contributed by atoms with Gasteiger partial charge in [-0.25, -0.2) is 15.0 Å². The average molecular weight is 465 g/mol. The number of hydrogen-bond acceptors (Lipinski definition) is 8. The fourth-order valence-corrected chi connectivity index (χ4v) is 4.38. The molecule has 4 rings (SSSR count). The fourth-order valence-electron chi connectivity index (χ4n) is 2.87. The van der Waals surface area contributed by atoms with E-state index in [0.29, 0.717) is 17.3 Å². The zero-order chi connectivity index (χ0) is 19.7. The molecule has 0 saturated carbocycles. The largest absolute Gasteiger partial charge is 0.454 e. The molecule has 0 bridgehead atoms. The van der Waals surface area contributed by atoms with Crippen molar-refractivity contribution in [2.45, 2.75) is 30.4 Å². The molecule has 1 aliphatic heterocycles. The van der Waals surface area contributed by atoms with Gasteiger partial charge in [-0.05, 0) is 40.5 Å². The van der Waals surface area contributed by atoms with Crippen molar-refractivity contribution in [2.75, 3.05) is 25.6 Å². The van der Waals surface area contributed by atoms with Crippen molar-refractivity contribution >= 4 is 44.7 Å². The van der Waals surface area contributed by atoms with E-state index < -0.39 is 0 Å². The maximum Gasteiger partial charge on any atom is 0.231 e. The number of halogens is 1. The lowest BCUT2D eigenvalue weighted by atomic mass is 10.2. The van der Waals surface area contributed by atoms with E-state index in [1.165, 1.54) is 18.1 Å². The van der Waals surface area contributed by atoms with Gasteiger partial charge in [0.2, 0.25) is 6.79 Å². The number of hydrogen-bond donors (Lipinski definition) is 2. The minimum absolute atomic E-state index is 0.238. The highest BCUT2D eigenvalue weighted by atomic mass is 79.9. The number of nitrogen functional groups attached to an aromatic ring is 1. The Hall–Kier alpha value is -2.04. The lowest BCUT2D eigenvalue weighted by Crippen LogP contribution is -2.24. The van der Waals surface area contributed by atoms with Crippen LogP contribution in [0, 0.1) is 5.92 Å². The predicted octanol–water partition coefficient (Wildman–Crippen LogP) is 3.30. The molecule has 0 spiro atoms. The topological polar surface area (TPSA) is 100 Å². The van der Waals surface area contributed by atoms with Crippen LogP contribution in [0.2, 0.25) is 0 Å². The summed E-state index contributed by atoms with van der Waals surface area (Å²) in [5.74, 6) is 2.44. The standard InChI is InChI=1S/C18H21BrN6O2S/c1-10(2)7-21-3-4-25-17-15(16(20)22-8-23-17)24-18(25)28-14-6-13-12(5-11(14)19)26-9-27-13/h5-6,8,10,21H,3-4,7,9H2,1-2H3,(H2,20,22,23). The van der Waals surface area contributed by atoms with Crippen LogP contribution >= 0.6 is 27.7 Å². The van der Waals surface area contributed by atoms with Crippen LogP contribution in [0.4, 0.5) is 5.82 Å². The third-order valence-corrected chi connectivity index (χ3v) is 6.19. The van der Waals surface area contributed by atoms with E-state index >= 15 is 0 Å². The second kappa shape index (κ2) is 8.14. The lowest BCUT2D eigenvalue weighted by Gasteiger charge is -2.11. The number of aromatic nitrogens is 4. The van der Waals surface area contributed by atoms with Crippen LogP contribution in [0.3, 0.4) is 0 Å². The summed E-state index contributed by atoms with van der Waals surface area (Å²) >= 11 is 5.14. The molecule has 0 fully saturated rings. The van der Waals surface area contributed by atoms with E-state index in [2.05, 4.69) is 49.6 Å². The van der Waals surface area contributed by atoms with Crippen molar-refractivity contribution in [3.63, 3.8) is 0 Å². The highest BCUT2D eigenvalue weighted by Crippen LogP contribution is 2.43. The summed E-state index contributed by atoms with van der Waals surface area (Å²) in [5, 5.41) is 4.26. The first-order valence-corrected chi connectivity index (χ1v) is 10.6. The molecule has 148 valence electrons. The third-order valence-electron chi connectivity index (χ3n) is 4.22. The first-order valence-electron chi connectivity index (χ1n) is 8.97. The number of rotatable bonds is 7. The van der Waals surface area contributed by atoms with Gasteiger partial charge in [-0.3, -0.25) is 0 Å². The van der Waals surface area contributed by atoms with Crippen molar-refractivity contribution in [1.29, 1.82) is 0 Å². The van der Waals surface area contributed by atoms with Crippen LogP contribution in [-0.4, -0.2) is 39.4 Å². The van der Waals surface area contributed by atoms with Gasteiger partial charge >= 0.3 is 0 Å². The molecule has 2 aromatic heterocycles. The maximum atomic E-state index is 6.03. The fraction of sp³-hybridized carbons (Fsp3) is 0.389. The SMILES string of the molecule is CC(C)CNCCn1c(Sc2cc3c(cc2Br)OCO3)nc2c(N)ncnc21. The summed E-state index contributed by atoms with van der Waals surface area (Å²) in [4.78, 5) is 14.2. The van der Waals surface area contributed by atoms with Crippen molar-refractivity contribution in [3.05, 3.63) is 22.9 Å². The first kappa shape index (κ1) is 19.3. The Kier molecular flexibility index (Phi) is 5.61. The number of fused-ring (bicyclic) bond motifs is 2. The summed E-state index contributed by atoms with van der Waals surface area (Å²) < 4.78 is 13.9. The molecule has 0 aliphatic carbocycles. The summed E-state index contributed by atoms with van der Waals surface area (Å²) in [6.45, 7) is 7.10. The van der Waals surface area contributed by atoms with E-state index in [9.17, 15) is 0 Å². The van der Waals surface area contributed by atoms with Crippen LogP contribution in [-0.2, 0) is 6.54 Å². The monoisotopic (exact) mass is 464 g/mol. The molecule has 0 radical (unpaired) electrons. The molecule has 0 atom stereocenters. The molecule has 3 aromatic rings. The van der Waals surface area contributed by atoms with Crippen molar-refractivity contribution in [3.8, 4) is 11.5 Å². The molecular weight excluding hydrogens is 444 g/mol. The van der Waals surface area contributed by atoms with Gasteiger partial charge in [-0.1, -0.05) is 25.6 Å². The van der Waals surface area contributed by atoms with Crippen LogP contribution < -0.4 is 20.5 Å². The van der Waals surface area contributed by atoms with E-state index in [-0.39, 0.29) is 6.79 Å². The third kappa shape index (κ3) is 3.89. The molecule has 8 nitrogen and oxygen atoms in total. The number of benzene rings is 1. The molecule has 0 saturated heterocycles. The Morgan fingerprint density at radius 2 is 2.07 bits per heavy atom. The van der Waals surface area contributed by atoms with E-state index in [1.54, 1.807) is 0 Å². The minimum Gasteiger partial charge on any atom is -0.454 e.